The van der Waals surface area contributed by atoms with Crippen molar-refractivity contribution in [2.24, 2.45) is 0 Å². The lowest BCUT2D eigenvalue weighted by Gasteiger charge is -2.07. The summed E-state index contributed by atoms with van der Waals surface area (Å²) in [4.78, 5) is 17.1. The number of aromatic nitrogens is 2. The molecule has 5 nitrogen and oxygen atoms in total. The Hall–Kier alpha value is -1.88. The molecule has 0 unspecified atom stereocenters. The SMILES string of the molecule is CCCCOCCCNC(=O)c1c(CC)nc2cc(C)ccn12. The van der Waals surface area contributed by atoms with Crippen LogP contribution in [0.1, 0.15) is 54.9 Å². The molecular weight excluding hydrogens is 290 g/mol. The standard InChI is InChI=1S/C18H27N3O2/c1-4-6-11-23-12-7-9-19-18(22)17-15(5-2)20-16-13-14(3)8-10-21(16)17/h8,10,13H,4-7,9,11-12H2,1-3H3,(H,19,22). The van der Waals surface area contributed by atoms with Crippen molar-refractivity contribution in [3.8, 4) is 0 Å². The first-order valence-electron chi connectivity index (χ1n) is 8.50. The van der Waals surface area contributed by atoms with Gasteiger partial charge in [-0.2, -0.15) is 0 Å². The van der Waals surface area contributed by atoms with E-state index in [4.69, 9.17) is 4.74 Å². The molecule has 126 valence electrons. The molecule has 5 heteroatoms. The molecule has 0 aromatic carbocycles. The van der Waals surface area contributed by atoms with Gasteiger partial charge in [0.2, 0.25) is 0 Å². The van der Waals surface area contributed by atoms with E-state index in [2.05, 4.69) is 17.2 Å². The average molecular weight is 317 g/mol. The molecule has 1 amide bonds. The van der Waals surface area contributed by atoms with Gasteiger partial charge in [-0.05, 0) is 43.9 Å². The molecule has 0 bridgehead atoms. The Morgan fingerprint density at radius 3 is 2.83 bits per heavy atom. The van der Waals surface area contributed by atoms with E-state index in [-0.39, 0.29) is 5.91 Å². The van der Waals surface area contributed by atoms with Crippen LogP contribution in [0, 0.1) is 6.92 Å². The Bertz CT molecular complexity index is 649. The maximum absolute atomic E-state index is 12.5. The highest BCUT2D eigenvalue weighted by Crippen LogP contribution is 2.15. The lowest BCUT2D eigenvalue weighted by molar-refractivity contribution is 0.0933. The van der Waals surface area contributed by atoms with Crippen molar-refractivity contribution in [3.05, 3.63) is 35.3 Å². The largest absolute Gasteiger partial charge is 0.381 e. The van der Waals surface area contributed by atoms with Gasteiger partial charge in [-0.15, -0.1) is 0 Å². The maximum atomic E-state index is 12.5. The molecule has 0 saturated heterocycles. The minimum atomic E-state index is -0.0632. The molecule has 2 rings (SSSR count). The third-order valence-electron chi connectivity index (χ3n) is 3.80. The number of ether oxygens (including phenoxy) is 1. The van der Waals surface area contributed by atoms with E-state index in [0.717, 1.165) is 49.2 Å². The molecule has 0 spiro atoms. The fraction of sp³-hybridized carbons (Fsp3) is 0.556. The van der Waals surface area contributed by atoms with E-state index in [9.17, 15) is 4.79 Å². The zero-order valence-electron chi connectivity index (χ0n) is 14.4. The van der Waals surface area contributed by atoms with Crippen LogP contribution in [0.4, 0.5) is 0 Å². The van der Waals surface area contributed by atoms with E-state index < -0.39 is 0 Å². The summed E-state index contributed by atoms with van der Waals surface area (Å²) in [7, 11) is 0. The summed E-state index contributed by atoms with van der Waals surface area (Å²) < 4.78 is 7.38. The van der Waals surface area contributed by atoms with Crippen molar-refractivity contribution in [1.29, 1.82) is 0 Å². The topological polar surface area (TPSA) is 55.6 Å². The van der Waals surface area contributed by atoms with Crippen molar-refractivity contribution in [2.45, 2.75) is 46.5 Å². The summed E-state index contributed by atoms with van der Waals surface area (Å²) >= 11 is 0. The van der Waals surface area contributed by atoms with Crippen LogP contribution < -0.4 is 5.32 Å². The van der Waals surface area contributed by atoms with Crippen LogP contribution in [-0.2, 0) is 11.2 Å². The van der Waals surface area contributed by atoms with Gasteiger partial charge in [0.05, 0.1) is 5.69 Å². The predicted molar refractivity (Wildman–Crippen MR) is 92.0 cm³/mol. The quantitative estimate of drug-likeness (QED) is 0.723. The van der Waals surface area contributed by atoms with Crippen LogP contribution in [-0.4, -0.2) is 35.1 Å². The number of aryl methyl sites for hydroxylation is 2. The zero-order valence-corrected chi connectivity index (χ0v) is 14.4. The first kappa shape index (κ1) is 17.5. The number of carbonyl (C=O) groups is 1. The van der Waals surface area contributed by atoms with Crippen molar-refractivity contribution in [2.75, 3.05) is 19.8 Å². The summed E-state index contributed by atoms with van der Waals surface area (Å²) in [5.74, 6) is -0.0632. The Labute approximate surface area is 138 Å². The number of imidazole rings is 1. The molecular formula is C18H27N3O2. The highest BCUT2D eigenvalue weighted by atomic mass is 16.5. The fourth-order valence-electron chi connectivity index (χ4n) is 2.49. The van der Waals surface area contributed by atoms with Crippen LogP contribution >= 0.6 is 0 Å². The van der Waals surface area contributed by atoms with Gasteiger partial charge in [-0.1, -0.05) is 20.3 Å². The van der Waals surface area contributed by atoms with Crippen molar-refractivity contribution >= 4 is 11.6 Å². The second kappa shape index (κ2) is 8.67. The Kier molecular flexibility index (Phi) is 6.59. The van der Waals surface area contributed by atoms with Crippen molar-refractivity contribution in [3.63, 3.8) is 0 Å². The number of carbonyl (C=O) groups excluding carboxylic acids is 1. The first-order valence-corrected chi connectivity index (χ1v) is 8.50. The molecule has 0 aliphatic heterocycles. The maximum Gasteiger partial charge on any atom is 0.270 e. The van der Waals surface area contributed by atoms with Crippen molar-refractivity contribution < 1.29 is 9.53 Å². The van der Waals surface area contributed by atoms with Gasteiger partial charge in [0, 0.05) is 26.0 Å². The molecule has 23 heavy (non-hydrogen) atoms. The monoisotopic (exact) mass is 317 g/mol. The van der Waals surface area contributed by atoms with Gasteiger partial charge < -0.3 is 10.1 Å². The molecule has 1 N–H and O–H groups in total. The van der Waals surface area contributed by atoms with E-state index in [0.29, 0.717) is 18.8 Å². The molecule has 2 aromatic rings. The van der Waals surface area contributed by atoms with E-state index >= 15 is 0 Å². The lowest BCUT2D eigenvalue weighted by Crippen LogP contribution is -2.27. The number of pyridine rings is 1. The van der Waals surface area contributed by atoms with Crippen LogP contribution in [0.2, 0.25) is 0 Å². The smallest absolute Gasteiger partial charge is 0.270 e. The molecule has 2 heterocycles. The van der Waals surface area contributed by atoms with E-state index in [1.54, 1.807) is 0 Å². The first-order chi connectivity index (χ1) is 11.2. The number of amides is 1. The summed E-state index contributed by atoms with van der Waals surface area (Å²) in [5.41, 5.74) is 3.46. The Morgan fingerprint density at radius 2 is 2.09 bits per heavy atom. The molecule has 0 radical (unpaired) electrons. The molecule has 0 aliphatic rings. The predicted octanol–water partition coefficient (Wildman–Crippen LogP) is 3.14. The van der Waals surface area contributed by atoms with Gasteiger partial charge in [0.15, 0.2) is 0 Å². The van der Waals surface area contributed by atoms with Gasteiger partial charge in [0.25, 0.3) is 5.91 Å². The number of hydrogen-bond donors (Lipinski definition) is 1. The zero-order chi connectivity index (χ0) is 16.7. The molecule has 0 saturated carbocycles. The van der Waals surface area contributed by atoms with Gasteiger partial charge in [-0.3, -0.25) is 9.20 Å². The summed E-state index contributed by atoms with van der Waals surface area (Å²) in [6.07, 6.45) is 5.72. The van der Waals surface area contributed by atoms with Crippen LogP contribution in [0.3, 0.4) is 0 Å². The fourth-order valence-corrected chi connectivity index (χ4v) is 2.49. The number of nitrogens with zero attached hydrogens (tertiary/aromatic N) is 2. The lowest BCUT2D eigenvalue weighted by atomic mass is 10.2. The number of hydrogen-bond acceptors (Lipinski definition) is 3. The highest BCUT2D eigenvalue weighted by molar-refractivity contribution is 5.94. The summed E-state index contributed by atoms with van der Waals surface area (Å²) in [6, 6.07) is 3.99. The average Bonchev–Trinajstić information content (AvgIpc) is 2.91. The van der Waals surface area contributed by atoms with Gasteiger partial charge in [0.1, 0.15) is 11.3 Å². The van der Waals surface area contributed by atoms with Gasteiger partial charge in [-0.25, -0.2) is 4.98 Å². The molecule has 0 fully saturated rings. The van der Waals surface area contributed by atoms with Gasteiger partial charge >= 0.3 is 0 Å². The molecule has 0 aliphatic carbocycles. The Balaban J connectivity index is 1.95. The van der Waals surface area contributed by atoms with Crippen molar-refractivity contribution in [1.82, 2.24) is 14.7 Å². The summed E-state index contributed by atoms with van der Waals surface area (Å²) in [5, 5.41) is 2.98. The number of unbranched alkanes of at least 4 members (excludes halogenated alkanes) is 1. The number of nitrogens with one attached hydrogen (secondary N) is 1. The minimum Gasteiger partial charge on any atom is -0.381 e. The van der Waals surface area contributed by atoms with Crippen LogP contribution in [0.15, 0.2) is 18.3 Å². The highest BCUT2D eigenvalue weighted by Gasteiger charge is 2.17. The summed E-state index contributed by atoms with van der Waals surface area (Å²) in [6.45, 7) is 8.30. The third-order valence-corrected chi connectivity index (χ3v) is 3.80. The normalized spacial score (nSPS) is 11.1. The van der Waals surface area contributed by atoms with E-state index in [1.165, 1.54) is 0 Å². The second-order valence-corrected chi connectivity index (χ2v) is 5.77. The Morgan fingerprint density at radius 1 is 1.30 bits per heavy atom. The number of rotatable bonds is 9. The number of fused-ring (bicyclic) bond motifs is 1. The minimum absolute atomic E-state index is 0.0632. The van der Waals surface area contributed by atoms with Crippen LogP contribution in [0.5, 0.6) is 0 Å². The second-order valence-electron chi connectivity index (χ2n) is 5.77. The molecule has 0 atom stereocenters. The molecule has 2 aromatic heterocycles. The third kappa shape index (κ3) is 4.55. The van der Waals surface area contributed by atoms with E-state index in [1.807, 2.05) is 36.6 Å². The van der Waals surface area contributed by atoms with Crippen LogP contribution in [0.25, 0.3) is 5.65 Å².